The maximum Gasteiger partial charge on any atom is 0.331 e. The number of rotatable bonds is 9. The SMILES string of the molecule is CCOc1cc(/C=C2\SC(=S)N([C@@H](C(=O)O)c3ccccc3)C2=O)ccc1OCc1ccccc1. The van der Waals surface area contributed by atoms with Crippen molar-refractivity contribution in [2.45, 2.75) is 19.6 Å². The fourth-order valence-corrected chi connectivity index (χ4v) is 4.94. The van der Waals surface area contributed by atoms with Gasteiger partial charge in [0.2, 0.25) is 0 Å². The molecule has 35 heavy (non-hydrogen) atoms. The summed E-state index contributed by atoms with van der Waals surface area (Å²) in [6.45, 7) is 2.73. The van der Waals surface area contributed by atoms with Gasteiger partial charge in [-0.15, -0.1) is 0 Å². The van der Waals surface area contributed by atoms with E-state index in [1.807, 2.05) is 43.3 Å². The number of aliphatic carboxylic acids is 1. The van der Waals surface area contributed by atoms with E-state index in [-0.39, 0.29) is 4.32 Å². The van der Waals surface area contributed by atoms with E-state index in [4.69, 9.17) is 21.7 Å². The lowest BCUT2D eigenvalue weighted by molar-refractivity contribution is -0.145. The van der Waals surface area contributed by atoms with Crippen LogP contribution in [0.4, 0.5) is 0 Å². The summed E-state index contributed by atoms with van der Waals surface area (Å²) >= 11 is 6.48. The van der Waals surface area contributed by atoms with Crippen molar-refractivity contribution in [3.8, 4) is 11.5 Å². The summed E-state index contributed by atoms with van der Waals surface area (Å²) in [5.74, 6) is -0.443. The van der Waals surface area contributed by atoms with Crippen LogP contribution in [0.2, 0.25) is 0 Å². The molecule has 0 bridgehead atoms. The lowest BCUT2D eigenvalue weighted by Crippen LogP contribution is -2.37. The molecule has 6 nitrogen and oxygen atoms in total. The third-order valence-electron chi connectivity index (χ3n) is 5.23. The molecular weight excluding hydrogens is 482 g/mol. The minimum atomic E-state index is -1.19. The van der Waals surface area contributed by atoms with Crippen LogP contribution in [0.15, 0.2) is 83.8 Å². The van der Waals surface area contributed by atoms with Crippen molar-refractivity contribution in [3.63, 3.8) is 0 Å². The largest absolute Gasteiger partial charge is 0.490 e. The van der Waals surface area contributed by atoms with Crippen LogP contribution >= 0.6 is 24.0 Å². The predicted octanol–water partition coefficient (Wildman–Crippen LogP) is 5.69. The molecule has 3 aromatic rings. The van der Waals surface area contributed by atoms with Crippen molar-refractivity contribution >= 4 is 46.3 Å². The normalized spacial score (nSPS) is 15.3. The van der Waals surface area contributed by atoms with Gasteiger partial charge in [-0.1, -0.05) is 90.7 Å². The number of carbonyl (C=O) groups excluding carboxylic acids is 1. The van der Waals surface area contributed by atoms with E-state index in [1.165, 1.54) is 0 Å². The Labute approximate surface area is 213 Å². The average Bonchev–Trinajstić information content (AvgIpc) is 3.13. The topological polar surface area (TPSA) is 76.1 Å². The fourth-order valence-electron chi connectivity index (χ4n) is 3.63. The minimum absolute atomic E-state index is 0.199. The van der Waals surface area contributed by atoms with Gasteiger partial charge in [-0.2, -0.15) is 0 Å². The van der Waals surface area contributed by atoms with E-state index in [0.29, 0.717) is 40.7 Å². The highest BCUT2D eigenvalue weighted by Gasteiger charge is 2.41. The molecule has 178 valence electrons. The molecule has 1 N–H and O–H groups in total. The smallest absolute Gasteiger partial charge is 0.331 e. The molecule has 0 unspecified atom stereocenters. The van der Waals surface area contributed by atoms with Crippen molar-refractivity contribution in [2.24, 2.45) is 0 Å². The van der Waals surface area contributed by atoms with Gasteiger partial charge in [0.05, 0.1) is 11.5 Å². The maximum absolute atomic E-state index is 13.2. The van der Waals surface area contributed by atoms with Gasteiger partial charge >= 0.3 is 5.97 Å². The van der Waals surface area contributed by atoms with Crippen molar-refractivity contribution < 1.29 is 24.2 Å². The van der Waals surface area contributed by atoms with Crippen LogP contribution in [0.5, 0.6) is 11.5 Å². The Balaban J connectivity index is 1.58. The molecule has 0 aliphatic carbocycles. The van der Waals surface area contributed by atoms with Gasteiger partial charge in [-0.25, -0.2) is 4.79 Å². The predicted molar refractivity (Wildman–Crippen MR) is 140 cm³/mol. The van der Waals surface area contributed by atoms with Crippen LogP contribution in [0, 0.1) is 0 Å². The Morgan fingerprint density at radius 3 is 2.37 bits per heavy atom. The van der Waals surface area contributed by atoms with Crippen molar-refractivity contribution in [1.82, 2.24) is 4.90 Å². The summed E-state index contributed by atoms with van der Waals surface area (Å²) in [5, 5.41) is 9.84. The Morgan fingerprint density at radius 2 is 1.71 bits per heavy atom. The molecule has 3 aromatic carbocycles. The molecule has 1 aliphatic heterocycles. The number of ether oxygens (including phenoxy) is 2. The molecule has 1 aliphatic rings. The van der Waals surface area contributed by atoms with Crippen LogP contribution in [0.25, 0.3) is 6.08 Å². The second-order valence-corrected chi connectivity index (χ2v) is 9.29. The van der Waals surface area contributed by atoms with Crippen molar-refractivity contribution in [3.05, 3.63) is 100 Å². The molecule has 1 saturated heterocycles. The van der Waals surface area contributed by atoms with Crippen LogP contribution in [-0.2, 0) is 16.2 Å². The number of hydrogen-bond acceptors (Lipinski definition) is 6. The number of thioether (sulfide) groups is 1. The number of nitrogens with zero attached hydrogens (tertiary/aromatic N) is 1. The summed E-state index contributed by atoms with van der Waals surface area (Å²) in [5.41, 5.74) is 2.23. The molecule has 0 spiro atoms. The Bertz CT molecular complexity index is 1260. The van der Waals surface area contributed by atoms with Crippen LogP contribution in [-0.4, -0.2) is 32.8 Å². The third kappa shape index (κ3) is 5.72. The number of thiocarbonyl (C=S) groups is 1. The second kappa shape index (κ2) is 11.2. The quantitative estimate of drug-likeness (QED) is 0.296. The van der Waals surface area contributed by atoms with Gasteiger partial charge in [0.25, 0.3) is 5.91 Å². The number of carboxylic acids is 1. The standard InChI is InChI=1S/C27H23NO5S2/c1-2-32-22-15-19(13-14-21(22)33-17-18-9-5-3-6-10-18)16-23-25(29)28(27(34)35-23)24(26(30)31)20-11-7-4-8-12-20/h3-16,24H,2,17H2,1H3,(H,30,31)/b23-16-/t24-/m1/s1. The molecule has 1 amide bonds. The van der Waals surface area contributed by atoms with E-state index in [1.54, 1.807) is 48.5 Å². The van der Waals surface area contributed by atoms with Gasteiger partial charge in [0.15, 0.2) is 17.5 Å². The lowest BCUT2D eigenvalue weighted by Gasteiger charge is -2.23. The second-order valence-electron chi connectivity index (χ2n) is 7.62. The Kier molecular flexibility index (Phi) is 7.84. The highest BCUT2D eigenvalue weighted by Crippen LogP contribution is 2.39. The van der Waals surface area contributed by atoms with Crippen LogP contribution in [0.3, 0.4) is 0 Å². The van der Waals surface area contributed by atoms with Gasteiger partial charge in [-0.3, -0.25) is 9.69 Å². The molecule has 1 atom stereocenters. The summed E-state index contributed by atoms with van der Waals surface area (Å²) in [6, 6.07) is 22.6. The molecule has 0 aromatic heterocycles. The van der Waals surface area contributed by atoms with Gasteiger partial charge in [-0.05, 0) is 41.8 Å². The minimum Gasteiger partial charge on any atom is -0.490 e. The number of carboxylic acid groups (broad SMARTS) is 1. The first-order valence-electron chi connectivity index (χ1n) is 11.0. The molecule has 8 heteroatoms. The average molecular weight is 506 g/mol. The number of hydrogen-bond donors (Lipinski definition) is 1. The maximum atomic E-state index is 13.2. The molecule has 0 radical (unpaired) electrons. The molecule has 1 fully saturated rings. The highest BCUT2D eigenvalue weighted by atomic mass is 32.2. The number of benzene rings is 3. The highest BCUT2D eigenvalue weighted by molar-refractivity contribution is 8.26. The van der Waals surface area contributed by atoms with E-state index in [9.17, 15) is 14.7 Å². The monoisotopic (exact) mass is 505 g/mol. The molecular formula is C27H23NO5S2. The number of amides is 1. The van der Waals surface area contributed by atoms with Crippen molar-refractivity contribution in [1.29, 1.82) is 0 Å². The van der Waals surface area contributed by atoms with E-state index >= 15 is 0 Å². The first kappa shape index (κ1) is 24.5. The lowest BCUT2D eigenvalue weighted by atomic mass is 10.1. The molecule has 1 heterocycles. The number of carbonyl (C=O) groups is 2. The van der Waals surface area contributed by atoms with Crippen LogP contribution in [0.1, 0.15) is 29.7 Å². The first-order chi connectivity index (χ1) is 17.0. The zero-order valence-electron chi connectivity index (χ0n) is 18.9. The Hall–Kier alpha value is -3.62. The summed E-state index contributed by atoms with van der Waals surface area (Å²) in [6.07, 6.45) is 1.69. The summed E-state index contributed by atoms with van der Waals surface area (Å²) < 4.78 is 11.9. The summed E-state index contributed by atoms with van der Waals surface area (Å²) in [4.78, 5) is 26.8. The van der Waals surface area contributed by atoms with Gasteiger partial charge in [0.1, 0.15) is 10.9 Å². The molecule has 4 rings (SSSR count). The first-order valence-corrected chi connectivity index (χ1v) is 12.2. The molecule has 0 saturated carbocycles. The Morgan fingerprint density at radius 1 is 1.03 bits per heavy atom. The third-order valence-corrected chi connectivity index (χ3v) is 6.56. The van der Waals surface area contributed by atoms with Gasteiger partial charge < -0.3 is 14.6 Å². The van der Waals surface area contributed by atoms with E-state index < -0.39 is 17.9 Å². The van der Waals surface area contributed by atoms with E-state index in [0.717, 1.165) is 22.2 Å². The van der Waals surface area contributed by atoms with Gasteiger partial charge in [0, 0.05) is 0 Å². The van der Waals surface area contributed by atoms with Crippen LogP contribution < -0.4 is 9.47 Å². The summed E-state index contributed by atoms with van der Waals surface area (Å²) in [7, 11) is 0. The van der Waals surface area contributed by atoms with E-state index in [2.05, 4.69) is 0 Å². The zero-order valence-corrected chi connectivity index (χ0v) is 20.6. The fraction of sp³-hybridized carbons (Fsp3) is 0.148. The zero-order chi connectivity index (χ0) is 24.8. The van der Waals surface area contributed by atoms with Crippen molar-refractivity contribution in [2.75, 3.05) is 6.61 Å².